The van der Waals surface area contributed by atoms with Gasteiger partial charge in [-0.25, -0.2) is 12.1 Å². The van der Waals surface area contributed by atoms with E-state index >= 15 is 0 Å². The molecule has 0 saturated carbocycles. The Kier molecular flexibility index (Phi) is 7.61. The van der Waals surface area contributed by atoms with Crippen molar-refractivity contribution in [1.82, 2.24) is 0 Å². The summed E-state index contributed by atoms with van der Waals surface area (Å²) in [5.41, 5.74) is 2.15. The Morgan fingerprint density at radius 1 is 1.33 bits per heavy atom. The first-order chi connectivity index (χ1) is 6.88. The minimum absolute atomic E-state index is 0. The topological polar surface area (TPSA) is 20.2 Å². The molecule has 1 aliphatic carbocycles. The van der Waals surface area contributed by atoms with E-state index in [1.807, 2.05) is 48.6 Å². The molecule has 0 atom stereocenters. The molecule has 1 aromatic carbocycles. The van der Waals surface area contributed by atoms with Crippen LogP contribution in [-0.4, -0.2) is 5.11 Å². The van der Waals surface area contributed by atoms with Gasteiger partial charge in [0.25, 0.3) is 0 Å². The Hall–Kier alpha value is -1.11. The molecule has 0 amide bonds. The van der Waals surface area contributed by atoms with Crippen LogP contribution in [0.3, 0.4) is 0 Å². The molecular formula is C13H15FeO-. The van der Waals surface area contributed by atoms with Gasteiger partial charge in [0.2, 0.25) is 0 Å². The van der Waals surface area contributed by atoms with Crippen molar-refractivity contribution in [2.45, 2.75) is 13.3 Å². The quantitative estimate of drug-likeness (QED) is 0.452. The van der Waals surface area contributed by atoms with E-state index in [0.717, 1.165) is 18.3 Å². The summed E-state index contributed by atoms with van der Waals surface area (Å²) in [5, 5.41) is 8.61. The largest absolute Gasteiger partial charge is 0.515 e. The third-order valence-electron chi connectivity index (χ3n) is 2.02. The smallest absolute Gasteiger partial charge is 0.0866 e. The van der Waals surface area contributed by atoms with Gasteiger partial charge in [-0.3, -0.25) is 0 Å². The molecule has 82 valence electrons. The molecule has 0 aromatic heterocycles. The fourth-order valence-corrected chi connectivity index (χ4v) is 1.24. The molecule has 0 heterocycles. The number of rotatable bonds is 1. The Balaban J connectivity index is 0.000000280. The summed E-state index contributed by atoms with van der Waals surface area (Å²) in [6, 6.07) is 10.0. The summed E-state index contributed by atoms with van der Waals surface area (Å²) in [7, 11) is 0. The van der Waals surface area contributed by atoms with Crippen LogP contribution in [0.1, 0.15) is 13.3 Å². The van der Waals surface area contributed by atoms with Gasteiger partial charge in [0, 0.05) is 22.6 Å². The zero-order chi connectivity index (χ0) is 10.2. The predicted octanol–water partition coefficient (Wildman–Crippen LogP) is 3.74. The molecule has 1 aliphatic rings. The van der Waals surface area contributed by atoms with E-state index in [-0.39, 0.29) is 17.1 Å². The maximum atomic E-state index is 8.61. The Bertz CT molecular complexity index is 314. The van der Waals surface area contributed by atoms with Crippen LogP contribution < -0.4 is 0 Å². The number of allylic oxidation sites excluding steroid dienone is 5. The molecule has 0 spiro atoms. The van der Waals surface area contributed by atoms with Gasteiger partial charge in [0.05, 0.1) is 6.26 Å². The van der Waals surface area contributed by atoms with Crippen LogP contribution in [0, 0.1) is 0 Å². The molecule has 0 unspecified atom stereocenters. The van der Waals surface area contributed by atoms with E-state index < -0.39 is 0 Å². The first-order valence-electron chi connectivity index (χ1n) is 4.77. The van der Waals surface area contributed by atoms with Gasteiger partial charge >= 0.3 is 0 Å². The first-order valence-corrected chi connectivity index (χ1v) is 4.77. The van der Waals surface area contributed by atoms with E-state index in [0.29, 0.717) is 0 Å². The van der Waals surface area contributed by atoms with E-state index in [4.69, 9.17) is 5.11 Å². The molecule has 1 N–H and O–H groups in total. The molecule has 0 saturated heterocycles. The number of aliphatic hydroxyl groups excluding tert-OH is 1. The normalized spacial score (nSPS) is 15.3. The van der Waals surface area contributed by atoms with E-state index in [1.54, 1.807) is 0 Å². The van der Waals surface area contributed by atoms with Crippen LogP contribution in [0.15, 0.2) is 66.0 Å². The third-order valence-corrected chi connectivity index (χ3v) is 2.02. The van der Waals surface area contributed by atoms with Crippen LogP contribution in [0.5, 0.6) is 0 Å². The van der Waals surface area contributed by atoms with Crippen LogP contribution in [0.25, 0.3) is 0 Å². The van der Waals surface area contributed by atoms with Crippen molar-refractivity contribution >= 4 is 0 Å². The monoisotopic (exact) mass is 243 g/mol. The maximum Gasteiger partial charge on any atom is 0.0866 e. The second-order valence-corrected chi connectivity index (χ2v) is 2.95. The second-order valence-electron chi connectivity index (χ2n) is 2.95. The zero-order valence-corrected chi connectivity index (χ0v) is 9.81. The van der Waals surface area contributed by atoms with Crippen molar-refractivity contribution in [1.29, 1.82) is 0 Å². The maximum absolute atomic E-state index is 8.61. The van der Waals surface area contributed by atoms with Gasteiger partial charge in [-0.2, -0.15) is 18.2 Å². The average molecular weight is 243 g/mol. The van der Waals surface area contributed by atoms with Gasteiger partial charge in [0.1, 0.15) is 0 Å². The predicted molar refractivity (Wildman–Crippen MR) is 60.3 cm³/mol. The molecule has 0 bridgehead atoms. The second kappa shape index (κ2) is 8.22. The number of hydrogen-bond donors (Lipinski definition) is 1. The van der Waals surface area contributed by atoms with Gasteiger partial charge in [-0.15, -0.1) is 0 Å². The van der Waals surface area contributed by atoms with E-state index in [2.05, 4.69) is 6.92 Å². The molecule has 2 rings (SSSR count). The van der Waals surface area contributed by atoms with Crippen molar-refractivity contribution in [2.75, 3.05) is 0 Å². The molecular weight excluding hydrogens is 228 g/mol. The zero-order valence-electron chi connectivity index (χ0n) is 8.70. The van der Waals surface area contributed by atoms with Crippen molar-refractivity contribution in [3.8, 4) is 0 Å². The third kappa shape index (κ3) is 4.78. The van der Waals surface area contributed by atoms with E-state index in [9.17, 15) is 0 Å². The van der Waals surface area contributed by atoms with Crippen LogP contribution in [0.2, 0.25) is 0 Å². The Labute approximate surface area is 102 Å². The molecule has 15 heavy (non-hydrogen) atoms. The SMILES string of the molecule is CCC1=CC=C/C1=C\O.[Fe].c1cc[cH-]c1. The standard InChI is InChI=1S/C8H10O.C5H5.Fe/c1-2-7-4-3-5-8(7)6-9;1-2-4-5-3-1;/h3-6,9H,2H2,1H3;1-5H;/q;-1;/b8-6+;;. The molecule has 2 heteroatoms. The number of hydrogen-bond acceptors (Lipinski definition) is 1. The molecule has 0 aliphatic heterocycles. The minimum Gasteiger partial charge on any atom is -0.515 e. The van der Waals surface area contributed by atoms with Crippen LogP contribution >= 0.6 is 0 Å². The van der Waals surface area contributed by atoms with E-state index in [1.165, 1.54) is 5.57 Å². The van der Waals surface area contributed by atoms with Crippen LogP contribution in [-0.2, 0) is 17.1 Å². The average Bonchev–Trinajstić information content (AvgIpc) is 2.91. The van der Waals surface area contributed by atoms with Crippen molar-refractivity contribution in [2.24, 2.45) is 0 Å². The number of aliphatic hydroxyl groups is 1. The summed E-state index contributed by atoms with van der Waals surface area (Å²) in [5.74, 6) is 0. The molecule has 0 radical (unpaired) electrons. The summed E-state index contributed by atoms with van der Waals surface area (Å²) < 4.78 is 0. The fraction of sp³-hybridized carbons (Fsp3) is 0.154. The molecule has 1 nitrogen and oxygen atoms in total. The van der Waals surface area contributed by atoms with Crippen molar-refractivity contribution in [3.63, 3.8) is 0 Å². The summed E-state index contributed by atoms with van der Waals surface area (Å²) in [6.07, 6.45) is 8.00. The first kappa shape index (κ1) is 13.9. The summed E-state index contributed by atoms with van der Waals surface area (Å²) in [6.45, 7) is 2.07. The van der Waals surface area contributed by atoms with Crippen molar-refractivity contribution < 1.29 is 22.2 Å². The van der Waals surface area contributed by atoms with Gasteiger partial charge in [-0.1, -0.05) is 25.2 Å². The van der Waals surface area contributed by atoms with Gasteiger partial charge in [0.15, 0.2) is 0 Å². The molecule has 1 aromatic rings. The molecule has 0 fully saturated rings. The summed E-state index contributed by atoms with van der Waals surface area (Å²) >= 11 is 0. The van der Waals surface area contributed by atoms with Crippen LogP contribution in [0.4, 0.5) is 0 Å². The van der Waals surface area contributed by atoms with Gasteiger partial charge < -0.3 is 5.11 Å². The summed E-state index contributed by atoms with van der Waals surface area (Å²) in [4.78, 5) is 0. The fourth-order valence-electron chi connectivity index (χ4n) is 1.24. The minimum atomic E-state index is 0. The van der Waals surface area contributed by atoms with Crippen molar-refractivity contribution in [3.05, 3.63) is 66.0 Å². The van der Waals surface area contributed by atoms with Gasteiger partial charge in [-0.05, 0) is 12.0 Å². The Morgan fingerprint density at radius 3 is 2.33 bits per heavy atom. The Morgan fingerprint density at radius 2 is 2.00 bits per heavy atom.